The van der Waals surface area contributed by atoms with Crippen LogP contribution in [0.4, 0.5) is 0 Å². The van der Waals surface area contributed by atoms with Gasteiger partial charge in [-0.1, -0.05) is 19.8 Å². The van der Waals surface area contributed by atoms with Gasteiger partial charge < -0.3 is 5.32 Å². The zero-order valence-electron chi connectivity index (χ0n) is 12.0. The zero-order valence-corrected chi connectivity index (χ0v) is 12.8. The average molecular weight is 289 g/mol. The van der Waals surface area contributed by atoms with Crippen LogP contribution in [0.25, 0.3) is 0 Å². The summed E-state index contributed by atoms with van der Waals surface area (Å²) in [6, 6.07) is 0.533. The molecule has 0 amide bonds. The Morgan fingerprint density at radius 1 is 1.32 bits per heavy atom. The summed E-state index contributed by atoms with van der Waals surface area (Å²) in [5, 5.41) is 2.89. The Morgan fingerprint density at radius 3 is 2.74 bits per heavy atom. The van der Waals surface area contributed by atoms with Crippen molar-refractivity contribution >= 4 is 10.1 Å². The molecule has 2 saturated carbocycles. The quantitative estimate of drug-likeness (QED) is 0.763. The standard InChI is InChI=1S/C14H27NO3S/c1-10-8-12-4-3-5-13(9-12)14(10)15-7-6-11(2)19(16,17)18/h10-15H,3-9H2,1-2H3,(H,16,17,18)/t10?,11?,12-,13-,14?/m0/s1. The molecule has 5 atom stereocenters. The highest BCUT2D eigenvalue weighted by atomic mass is 32.2. The van der Waals surface area contributed by atoms with Gasteiger partial charge in [-0.3, -0.25) is 4.55 Å². The summed E-state index contributed by atoms with van der Waals surface area (Å²) in [7, 11) is -3.88. The van der Waals surface area contributed by atoms with Crippen LogP contribution in [-0.4, -0.2) is 30.8 Å². The van der Waals surface area contributed by atoms with Gasteiger partial charge in [0.2, 0.25) is 0 Å². The van der Waals surface area contributed by atoms with Crippen molar-refractivity contribution in [2.75, 3.05) is 6.54 Å². The van der Waals surface area contributed by atoms with Crippen LogP contribution < -0.4 is 5.32 Å². The fourth-order valence-corrected chi connectivity index (χ4v) is 4.40. The lowest BCUT2D eigenvalue weighted by atomic mass is 9.65. The van der Waals surface area contributed by atoms with Gasteiger partial charge in [-0.25, -0.2) is 0 Å². The molecule has 3 unspecified atom stereocenters. The summed E-state index contributed by atoms with van der Waals surface area (Å²) >= 11 is 0. The molecule has 0 aliphatic heterocycles. The van der Waals surface area contributed by atoms with Crippen LogP contribution in [0.3, 0.4) is 0 Å². The van der Waals surface area contributed by atoms with Crippen molar-refractivity contribution in [3.63, 3.8) is 0 Å². The zero-order chi connectivity index (χ0) is 14.0. The van der Waals surface area contributed by atoms with E-state index in [1.807, 2.05) is 0 Å². The molecule has 5 heteroatoms. The lowest BCUT2D eigenvalue weighted by Gasteiger charge is -2.44. The van der Waals surface area contributed by atoms with Crippen molar-refractivity contribution in [3.8, 4) is 0 Å². The molecule has 0 radical (unpaired) electrons. The van der Waals surface area contributed by atoms with Crippen molar-refractivity contribution in [3.05, 3.63) is 0 Å². The number of hydrogen-bond donors (Lipinski definition) is 2. The number of nitrogens with one attached hydrogen (secondary N) is 1. The molecular weight excluding hydrogens is 262 g/mol. The molecule has 0 aromatic carbocycles. The van der Waals surface area contributed by atoms with E-state index < -0.39 is 15.4 Å². The topological polar surface area (TPSA) is 66.4 Å². The summed E-state index contributed by atoms with van der Waals surface area (Å²) in [4.78, 5) is 0. The van der Waals surface area contributed by atoms with Gasteiger partial charge in [-0.2, -0.15) is 8.42 Å². The predicted molar refractivity (Wildman–Crippen MR) is 76.6 cm³/mol. The average Bonchev–Trinajstić information content (AvgIpc) is 2.32. The van der Waals surface area contributed by atoms with Gasteiger partial charge >= 0.3 is 0 Å². The molecular formula is C14H27NO3S. The van der Waals surface area contributed by atoms with Gasteiger partial charge in [0.25, 0.3) is 10.1 Å². The van der Waals surface area contributed by atoms with Crippen molar-refractivity contribution in [2.45, 2.75) is 63.7 Å². The maximum Gasteiger partial charge on any atom is 0.267 e. The van der Waals surface area contributed by atoms with Crippen LogP contribution in [0.15, 0.2) is 0 Å². The number of fused-ring (bicyclic) bond motifs is 2. The van der Waals surface area contributed by atoms with Crippen molar-refractivity contribution in [2.24, 2.45) is 17.8 Å². The third kappa shape index (κ3) is 3.92. The predicted octanol–water partition coefficient (Wildman–Crippen LogP) is 2.46. The minimum absolute atomic E-state index is 0.484. The van der Waals surface area contributed by atoms with Crippen LogP contribution in [0, 0.1) is 17.8 Å². The van der Waals surface area contributed by atoms with Crippen LogP contribution in [0.1, 0.15) is 52.4 Å². The molecule has 0 saturated heterocycles. The molecule has 2 aliphatic rings. The molecule has 2 N–H and O–H groups in total. The van der Waals surface area contributed by atoms with Crippen LogP contribution >= 0.6 is 0 Å². The first kappa shape index (κ1) is 15.3. The van der Waals surface area contributed by atoms with E-state index in [1.54, 1.807) is 6.92 Å². The first-order chi connectivity index (χ1) is 8.88. The molecule has 0 aromatic heterocycles. The van der Waals surface area contributed by atoms with E-state index in [0.29, 0.717) is 24.9 Å². The van der Waals surface area contributed by atoms with E-state index in [4.69, 9.17) is 4.55 Å². The first-order valence-corrected chi connectivity index (χ1v) is 9.08. The molecule has 2 fully saturated rings. The normalized spacial score (nSPS) is 37.0. The van der Waals surface area contributed by atoms with Crippen LogP contribution in [0.2, 0.25) is 0 Å². The maximum atomic E-state index is 11.0. The molecule has 2 rings (SSSR count). The van der Waals surface area contributed by atoms with Gasteiger partial charge in [0, 0.05) is 6.04 Å². The Hall–Kier alpha value is -0.130. The summed E-state index contributed by atoms with van der Waals surface area (Å²) in [6.07, 6.45) is 7.19. The van der Waals surface area contributed by atoms with E-state index in [-0.39, 0.29) is 0 Å². The second-order valence-corrected chi connectivity index (χ2v) is 8.43. The Morgan fingerprint density at radius 2 is 2.05 bits per heavy atom. The fraction of sp³-hybridized carbons (Fsp3) is 1.00. The molecule has 4 nitrogen and oxygen atoms in total. The van der Waals surface area contributed by atoms with E-state index in [2.05, 4.69) is 12.2 Å². The first-order valence-electron chi connectivity index (χ1n) is 7.57. The second kappa shape index (κ2) is 6.10. The van der Waals surface area contributed by atoms with E-state index in [1.165, 1.54) is 32.1 Å². The van der Waals surface area contributed by atoms with Gasteiger partial charge in [0.05, 0.1) is 5.25 Å². The van der Waals surface area contributed by atoms with Crippen molar-refractivity contribution in [1.29, 1.82) is 0 Å². The highest BCUT2D eigenvalue weighted by Crippen LogP contribution is 2.42. The molecule has 0 aromatic rings. The van der Waals surface area contributed by atoms with E-state index >= 15 is 0 Å². The fourth-order valence-electron chi connectivity index (χ4n) is 3.98. The van der Waals surface area contributed by atoms with Gasteiger partial charge in [-0.05, 0) is 56.9 Å². The highest BCUT2D eigenvalue weighted by molar-refractivity contribution is 7.86. The smallest absolute Gasteiger partial charge is 0.267 e. The summed E-state index contributed by atoms with van der Waals surface area (Å²) in [6.45, 7) is 4.56. The van der Waals surface area contributed by atoms with Gasteiger partial charge in [-0.15, -0.1) is 0 Å². The lowest BCUT2D eigenvalue weighted by Crippen LogP contribution is -2.48. The highest BCUT2D eigenvalue weighted by Gasteiger charge is 2.37. The van der Waals surface area contributed by atoms with E-state index in [9.17, 15) is 8.42 Å². The number of rotatable bonds is 5. The summed E-state index contributed by atoms with van der Waals surface area (Å²) in [5.74, 6) is 2.37. The van der Waals surface area contributed by atoms with Crippen LogP contribution in [-0.2, 0) is 10.1 Å². The molecule has 112 valence electrons. The minimum Gasteiger partial charge on any atom is -0.313 e. The Kier molecular flexibility index (Phi) is 4.90. The van der Waals surface area contributed by atoms with Crippen molar-refractivity contribution < 1.29 is 13.0 Å². The van der Waals surface area contributed by atoms with Crippen LogP contribution in [0.5, 0.6) is 0 Å². The molecule has 0 spiro atoms. The molecule has 2 bridgehead atoms. The summed E-state index contributed by atoms with van der Waals surface area (Å²) in [5.41, 5.74) is 0. The third-order valence-corrected chi connectivity index (χ3v) is 6.34. The van der Waals surface area contributed by atoms with Gasteiger partial charge in [0.1, 0.15) is 0 Å². The maximum absolute atomic E-state index is 11.0. The van der Waals surface area contributed by atoms with E-state index in [0.717, 1.165) is 11.8 Å². The SMILES string of the molecule is CC1C[C@@H]2CCC[C@@H](C2)C1NCCC(C)S(=O)(=O)O. The molecule has 19 heavy (non-hydrogen) atoms. The third-order valence-electron chi connectivity index (χ3n) is 5.09. The Labute approximate surface area is 117 Å². The summed E-state index contributed by atoms with van der Waals surface area (Å²) < 4.78 is 30.9. The molecule has 2 aliphatic carbocycles. The number of hydrogen-bond acceptors (Lipinski definition) is 3. The Bertz CT molecular complexity index is 393. The largest absolute Gasteiger partial charge is 0.313 e. The molecule has 0 heterocycles. The Balaban J connectivity index is 1.81. The second-order valence-electron chi connectivity index (χ2n) is 6.60. The monoisotopic (exact) mass is 289 g/mol. The van der Waals surface area contributed by atoms with Crippen molar-refractivity contribution in [1.82, 2.24) is 5.32 Å². The lowest BCUT2D eigenvalue weighted by molar-refractivity contribution is 0.0972. The van der Waals surface area contributed by atoms with Gasteiger partial charge in [0.15, 0.2) is 0 Å². The minimum atomic E-state index is -3.88.